The number of hydrogen-bond donors (Lipinski definition) is 2. The molecule has 1 unspecified atom stereocenters. The maximum absolute atomic E-state index is 13.0. The SMILES string of the molecule is CC(OC(=O)C1(CC(=O)NC(C)(C)C)CCCC1)C(=O)Nc1ccc(F)cc1. The molecule has 2 rings (SSSR count). The Balaban J connectivity index is 1.99. The van der Waals surface area contributed by atoms with Gasteiger partial charge in [-0.1, -0.05) is 12.8 Å². The fourth-order valence-electron chi connectivity index (χ4n) is 3.39. The molecule has 2 N–H and O–H groups in total. The average molecular weight is 392 g/mol. The highest BCUT2D eigenvalue weighted by molar-refractivity contribution is 5.96. The first kappa shape index (κ1) is 21.9. The number of benzene rings is 1. The Labute approximate surface area is 165 Å². The first-order valence-corrected chi connectivity index (χ1v) is 9.59. The minimum atomic E-state index is -1.03. The van der Waals surface area contributed by atoms with Crippen LogP contribution >= 0.6 is 0 Å². The maximum Gasteiger partial charge on any atom is 0.313 e. The Morgan fingerprint density at radius 3 is 2.25 bits per heavy atom. The van der Waals surface area contributed by atoms with Gasteiger partial charge in [-0.05, 0) is 64.8 Å². The molecule has 1 aromatic rings. The number of halogens is 1. The van der Waals surface area contributed by atoms with Crippen molar-refractivity contribution in [2.45, 2.75) is 71.4 Å². The number of anilines is 1. The summed E-state index contributed by atoms with van der Waals surface area (Å²) in [6, 6.07) is 5.31. The molecule has 1 aliphatic carbocycles. The number of carbonyl (C=O) groups excluding carboxylic acids is 3. The Kier molecular flexibility index (Phi) is 6.80. The fourth-order valence-corrected chi connectivity index (χ4v) is 3.39. The van der Waals surface area contributed by atoms with Crippen LogP contribution < -0.4 is 10.6 Å². The van der Waals surface area contributed by atoms with Crippen molar-refractivity contribution in [3.8, 4) is 0 Å². The zero-order chi connectivity index (χ0) is 20.9. The van der Waals surface area contributed by atoms with E-state index >= 15 is 0 Å². The van der Waals surface area contributed by atoms with Gasteiger partial charge in [-0.2, -0.15) is 0 Å². The lowest BCUT2D eigenvalue weighted by atomic mass is 9.82. The van der Waals surface area contributed by atoms with Gasteiger partial charge in [-0.3, -0.25) is 14.4 Å². The van der Waals surface area contributed by atoms with Crippen molar-refractivity contribution in [1.29, 1.82) is 0 Å². The fraction of sp³-hybridized carbons (Fsp3) is 0.571. The molecular formula is C21H29FN2O4. The van der Waals surface area contributed by atoms with E-state index in [9.17, 15) is 18.8 Å². The van der Waals surface area contributed by atoms with Crippen molar-refractivity contribution in [3.05, 3.63) is 30.1 Å². The van der Waals surface area contributed by atoms with Crippen LogP contribution in [0.15, 0.2) is 24.3 Å². The molecule has 0 radical (unpaired) electrons. The predicted octanol–water partition coefficient (Wildman–Crippen LogP) is 3.56. The lowest BCUT2D eigenvalue weighted by molar-refractivity contribution is -0.165. The molecule has 7 heteroatoms. The number of ether oxygens (including phenoxy) is 1. The van der Waals surface area contributed by atoms with E-state index in [1.807, 2.05) is 20.8 Å². The summed E-state index contributed by atoms with van der Waals surface area (Å²) in [5.41, 5.74) is -0.863. The molecule has 0 saturated heterocycles. The van der Waals surface area contributed by atoms with Crippen LogP contribution in [0.2, 0.25) is 0 Å². The maximum atomic E-state index is 13.0. The highest BCUT2D eigenvalue weighted by Crippen LogP contribution is 2.42. The molecule has 1 fully saturated rings. The van der Waals surface area contributed by atoms with Crippen LogP contribution in [0.4, 0.5) is 10.1 Å². The standard InChI is InChI=1S/C21H29FN2O4/c1-14(18(26)23-16-9-7-15(22)8-10-16)28-19(27)21(11-5-6-12-21)13-17(25)24-20(2,3)4/h7-10,14H,5-6,11-13H2,1-4H3,(H,23,26)(H,24,25). The van der Waals surface area contributed by atoms with Crippen molar-refractivity contribution in [2.24, 2.45) is 5.41 Å². The van der Waals surface area contributed by atoms with Crippen LogP contribution in [-0.2, 0) is 19.1 Å². The molecule has 1 saturated carbocycles. The monoisotopic (exact) mass is 392 g/mol. The van der Waals surface area contributed by atoms with Gasteiger partial charge >= 0.3 is 5.97 Å². The number of nitrogens with one attached hydrogen (secondary N) is 2. The quantitative estimate of drug-likeness (QED) is 0.725. The molecule has 6 nitrogen and oxygen atoms in total. The van der Waals surface area contributed by atoms with Crippen LogP contribution in [-0.4, -0.2) is 29.4 Å². The second kappa shape index (κ2) is 8.71. The molecule has 0 bridgehead atoms. The smallest absolute Gasteiger partial charge is 0.313 e. The summed E-state index contributed by atoms with van der Waals surface area (Å²) in [7, 11) is 0. The molecule has 1 atom stereocenters. The summed E-state index contributed by atoms with van der Waals surface area (Å²) in [6.07, 6.45) is 1.84. The van der Waals surface area contributed by atoms with Gasteiger partial charge < -0.3 is 15.4 Å². The molecule has 1 aromatic carbocycles. The van der Waals surface area contributed by atoms with E-state index in [4.69, 9.17) is 4.74 Å². The highest BCUT2D eigenvalue weighted by Gasteiger charge is 2.45. The van der Waals surface area contributed by atoms with Crippen molar-refractivity contribution >= 4 is 23.5 Å². The van der Waals surface area contributed by atoms with Crippen LogP contribution in [0.25, 0.3) is 0 Å². The molecule has 0 heterocycles. The van der Waals surface area contributed by atoms with Gasteiger partial charge in [-0.15, -0.1) is 0 Å². The zero-order valence-corrected chi connectivity index (χ0v) is 16.9. The second-order valence-electron chi connectivity index (χ2n) is 8.51. The van der Waals surface area contributed by atoms with E-state index in [2.05, 4.69) is 10.6 Å². The zero-order valence-electron chi connectivity index (χ0n) is 16.9. The van der Waals surface area contributed by atoms with E-state index in [-0.39, 0.29) is 17.9 Å². The summed E-state index contributed by atoms with van der Waals surface area (Å²) in [5, 5.41) is 5.47. The van der Waals surface area contributed by atoms with Crippen LogP contribution in [0.1, 0.15) is 59.8 Å². The molecular weight excluding hydrogens is 363 g/mol. The number of hydrogen-bond acceptors (Lipinski definition) is 4. The van der Waals surface area contributed by atoms with Crippen LogP contribution in [0.5, 0.6) is 0 Å². The molecule has 0 aliphatic heterocycles. The summed E-state index contributed by atoms with van der Waals surface area (Å²) in [6.45, 7) is 7.12. The molecule has 0 spiro atoms. The van der Waals surface area contributed by atoms with E-state index in [1.165, 1.54) is 31.2 Å². The molecule has 0 aromatic heterocycles. The lowest BCUT2D eigenvalue weighted by Crippen LogP contribution is -2.45. The van der Waals surface area contributed by atoms with Gasteiger partial charge in [0.15, 0.2) is 6.10 Å². The largest absolute Gasteiger partial charge is 0.452 e. The summed E-state index contributed by atoms with van der Waals surface area (Å²) < 4.78 is 18.4. The normalized spacial score (nSPS) is 16.9. The van der Waals surface area contributed by atoms with Crippen molar-refractivity contribution in [1.82, 2.24) is 5.32 Å². The third-order valence-corrected chi connectivity index (χ3v) is 4.77. The molecule has 28 heavy (non-hydrogen) atoms. The van der Waals surface area contributed by atoms with Gasteiger partial charge in [-0.25, -0.2) is 4.39 Å². The minimum Gasteiger partial charge on any atom is -0.452 e. The van der Waals surface area contributed by atoms with Gasteiger partial charge in [0, 0.05) is 17.6 Å². The third-order valence-electron chi connectivity index (χ3n) is 4.77. The summed E-state index contributed by atoms with van der Waals surface area (Å²) in [5.74, 6) is -1.63. The number of esters is 1. The summed E-state index contributed by atoms with van der Waals surface area (Å²) in [4.78, 5) is 37.5. The van der Waals surface area contributed by atoms with E-state index in [0.717, 1.165) is 12.8 Å². The Hall–Kier alpha value is -2.44. The second-order valence-corrected chi connectivity index (χ2v) is 8.51. The number of amides is 2. The number of carbonyl (C=O) groups is 3. The first-order chi connectivity index (χ1) is 13.0. The molecule has 2 amide bonds. The van der Waals surface area contributed by atoms with E-state index in [0.29, 0.717) is 18.5 Å². The predicted molar refractivity (Wildman–Crippen MR) is 104 cm³/mol. The van der Waals surface area contributed by atoms with Crippen molar-refractivity contribution < 1.29 is 23.5 Å². The summed E-state index contributed by atoms with van der Waals surface area (Å²) >= 11 is 0. The van der Waals surface area contributed by atoms with Gasteiger partial charge in [0.05, 0.1) is 5.41 Å². The van der Waals surface area contributed by atoms with Crippen molar-refractivity contribution in [2.75, 3.05) is 5.32 Å². The molecule has 154 valence electrons. The Morgan fingerprint density at radius 2 is 1.71 bits per heavy atom. The third kappa shape index (κ3) is 6.04. The Morgan fingerprint density at radius 1 is 1.14 bits per heavy atom. The highest BCUT2D eigenvalue weighted by atomic mass is 19.1. The van der Waals surface area contributed by atoms with Crippen LogP contribution in [0.3, 0.4) is 0 Å². The first-order valence-electron chi connectivity index (χ1n) is 9.59. The average Bonchev–Trinajstić information content (AvgIpc) is 3.04. The minimum absolute atomic E-state index is 0.0510. The van der Waals surface area contributed by atoms with E-state index < -0.39 is 29.2 Å². The van der Waals surface area contributed by atoms with Gasteiger partial charge in [0.1, 0.15) is 5.82 Å². The molecule has 1 aliphatic rings. The van der Waals surface area contributed by atoms with Gasteiger partial charge in [0.2, 0.25) is 5.91 Å². The Bertz CT molecular complexity index is 719. The van der Waals surface area contributed by atoms with Crippen LogP contribution in [0, 0.1) is 11.2 Å². The lowest BCUT2D eigenvalue weighted by Gasteiger charge is -2.29. The van der Waals surface area contributed by atoms with Gasteiger partial charge in [0.25, 0.3) is 5.91 Å². The van der Waals surface area contributed by atoms with Crippen molar-refractivity contribution in [3.63, 3.8) is 0 Å². The topological polar surface area (TPSA) is 84.5 Å². The van der Waals surface area contributed by atoms with E-state index in [1.54, 1.807) is 0 Å². The number of rotatable bonds is 6.